The van der Waals surface area contributed by atoms with E-state index in [1.807, 2.05) is 27.7 Å². The van der Waals surface area contributed by atoms with Crippen molar-refractivity contribution in [3.05, 3.63) is 34.9 Å². The van der Waals surface area contributed by atoms with Crippen LogP contribution in [0.1, 0.15) is 50.5 Å². The molecule has 0 aromatic heterocycles. The summed E-state index contributed by atoms with van der Waals surface area (Å²) < 4.78 is 38.1. The molecule has 1 atom stereocenters. The van der Waals surface area contributed by atoms with Crippen molar-refractivity contribution < 1.29 is 18.3 Å². The number of aliphatic hydroxyl groups excluding tert-OH is 1. The van der Waals surface area contributed by atoms with Gasteiger partial charge in [-0.25, -0.2) is 0 Å². The average molecular weight is 303 g/mol. The van der Waals surface area contributed by atoms with Crippen LogP contribution >= 0.6 is 0 Å². The molecular weight excluding hydrogens is 279 g/mol. The van der Waals surface area contributed by atoms with Crippen molar-refractivity contribution in [2.24, 2.45) is 0 Å². The van der Waals surface area contributed by atoms with Gasteiger partial charge in [-0.05, 0) is 57.1 Å². The molecule has 0 amide bonds. The Kier molecular flexibility index (Phi) is 5.45. The lowest BCUT2D eigenvalue weighted by atomic mass is 9.86. The SMILES string of the molecule is CCN(CC)C(C)(C)C(O)c1ccc(C(F)(F)F)cc1C. The highest BCUT2D eigenvalue weighted by Crippen LogP contribution is 2.36. The van der Waals surface area contributed by atoms with Gasteiger partial charge >= 0.3 is 6.18 Å². The maximum Gasteiger partial charge on any atom is 0.416 e. The molecule has 0 saturated heterocycles. The summed E-state index contributed by atoms with van der Waals surface area (Å²) in [6.07, 6.45) is -5.21. The highest BCUT2D eigenvalue weighted by Gasteiger charge is 2.36. The monoisotopic (exact) mass is 303 g/mol. The Morgan fingerprint density at radius 3 is 2.05 bits per heavy atom. The molecule has 1 N–H and O–H groups in total. The van der Waals surface area contributed by atoms with Gasteiger partial charge in [0.15, 0.2) is 0 Å². The smallest absolute Gasteiger partial charge is 0.386 e. The van der Waals surface area contributed by atoms with E-state index in [9.17, 15) is 18.3 Å². The van der Waals surface area contributed by atoms with Crippen molar-refractivity contribution in [2.45, 2.75) is 52.4 Å². The molecule has 1 unspecified atom stereocenters. The molecule has 0 spiro atoms. The number of aliphatic hydroxyl groups is 1. The quantitative estimate of drug-likeness (QED) is 0.882. The van der Waals surface area contributed by atoms with Crippen molar-refractivity contribution in [2.75, 3.05) is 13.1 Å². The Hall–Kier alpha value is -1.07. The van der Waals surface area contributed by atoms with E-state index >= 15 is 0 Å². The normalized spacial score (nSPS) is 14.6. The van der Waals surface area contributed by atoms with Crippen LogP contribution in [-0.2, 0) is 6.18 Å². The van der Waals surface area contributed by atoms with E-state index in [-0.39, 0.29) is 0 Å². The fourth-order valence-corrected chi connectivity index (χ4v) is 2.75. The van der Waals surface area contributed by atoms with Crippen molar-refractivity contribution in [3.63, 3.8) is 0 Å². The Bertz CT molecular complexity index is 479. The fraction of sp³-hybridized carbons (Fsp3) is 0.625. The molecule has 21 heavy (non-hydrogen) atoms. The second-order valence-electron chi connectivity index (χ2n) is 5.80. The Labute approximate surface area is 124 Å². The minimum atomic E-state index is -4.36. The van der Waals surface area contributed by atoms with E-state index in [0.717, 1.165) is 25.2 Å². The van der Waals surface area contributed by atoms with E-state index in [4.69, 9.17) is 0 Å². The van der Waals surface area contributed by atoms with E-state index < -0.39 is 23.4 Å². The largest absolute Gasteiger partial charge is 0.416 e. The molecule has 0 fully saturated rings. The number of benzene rings is 1. The summed E-state index contributed by atoms with van der Waals surface area (Å²) >= 11 is 0. The molecule has 0 radical (unpaired) electrons. The molecule has 0 aliphatic carbocycles. The van der Waals surface area contributed by atoms with Crippen LogP contribution in [-0.4, -0.2) is 28.6 Å². The first kappa shape index (κ1) is 18.0. The lowest BCUT2D eigenvalue weighted by Crippen LogP contribution is -2.48. The van der Waals surface area contributed by atoms with Gasteiger partial charge in [0.25, 0.3) is 0 Å². The predicted octanol–water partition coefficient (Wildman–Crippen LogP) is 4.17. The zero-order valence-corrected chi connectivity index (χ0v) is 13.3. The minimum absolute atomic E-state index is 0.456. The molecule has 0 bridgehead atoms. The molecule has 2 nitrogen and oxygen atoms in total. The van der Waals surface area contributed by atoms with Gasteiger partial charge in [-0.15, -0.1) is 0 Å². The summed E-state index contributed by atoms with van der Waals surface area (Å²) in [7, 11) is 0. The van der Waals surface area contributed by atoms with Crippen LogP contribution in [0, 0.1) is 6.92 Å². The zero-order valence-electron chi connectivity index (χ0n) is 13.3. The van der Waals surface area contributed by atoms with Crippen LogP contribution in [0.3, 0.4) is 0 Å². The van der Waals surface area contributed by atoms with Crippen molar-refractivity contribution in [1.82, 2.24) is 4.90 Å². The molecule has 1 aromatic carbocycles. The van der Waals surface area contributed by atoms with Crippen LogP contribution < -0.4 is 0 Å². The van der Waals surface area contributed by atoms with Gasteiger partial charge in [0.05, 0.1) is 11.7 Å². The Morgan fingerprint density at radius 1 is 1.14 bits per heavy atom. The number of alkyl halides is 3. The Balaban J connectivity index is 3.16. The first-order chi connectivity index (χ1) is 9.55. The van der Waals surface area contributed by atoms with Gasteiger partial charge in [-0.2, -0.15) is 13.2 Å². The molecular formula is C16H24F3NO. The second kappa shape index (κ2) is 6.36. The lowest BCUT2D eigenvalue weighted by molar-refractivity contribution is -0.137. The fourth-order valence-electron chi connectivity index (χ4n) is 2.75. The first-order valence-electron chi connectivity index (χ1n) is 7.16. The van der Waals surface area contributed by atoms with Crippen molar-refractivity contribution >= 4 is 0 Å². The number of rotatable bonds is 5. The maximum absolute atomic E-state index is 12.7. The van der Waals surface area contributed by atoms with Gasteiger partial charge < -0.3 is 5.11 Å². The predicted molar refractivity (Wildman–Crippen MR) is 78.1 cm³/mol. The van der Waals surface area contributed by atoms with Crippen LogP contribution in [0.15, 0.2) is 18.2 Å². The summed E-state index contributed by atoms with van der Waals surface area (Å²) in [4.78, 5) is 2.09. The van der Waals surface area contributed by atoms with Crippen molar-refractivity contribution in [1.29, 1.82) is 0 Å². The number of hydrogen-bond donors (Lipinski definition) is 1. The third-order valence-electron chi connectivity index (χ3n) is 4.14. The molecule has 1 aromatic rings. The summed E-state index contributed by atoms with van der Waals surface area (Å²) in [5, 5.41) is 10.6. The molecule has 1 rings (SSSR count). The molecule has 0 heterocycles. The summed E-state index contributed by atoms with van der Waals surface area (Å²) in [5.74, 6) is 0. The summed E-state index contributed by atoms with van der Waals surface area (Å²) in [6, 6.07) is 3.51. The van der Waals surface area contributed by atoms with E-state index in [1.54, 1.807) is 6.92 Å². The second-order valence-corrected chi connectivity index (χ2v) is 5.80. The molecule has 0 aliphatic heterocycles. The first-order valence-corrected chi connectivity index (χ1v) is 7.16. The van der Waals surface area contributed by atoms with Gasteiger partial charge in [-0.3, -0.25) is 4.90 Å². The number of aryl methyl sites for hydroxylation is 1. The number of likely N-dealkylation sites (N-methyl/N-ethyl adjacent to an activating group) is 1. The standard InChI is InChI=1S/C16H24F3NO/c1-6-20(7-2)15(4,5)14(21)13-9-8-12(10-11(13)3)16(17,18)19/h8-10,14,21H,6-7H2,1-5H3. The van der Waals surface area contributed by atoms with Crippen LogP contribution in [0.2, 0.25) is 0 Å². The molecule has 0 aliphatic rings. The number of halogens is 3. The number of hydrogen-bond acceptors (Lipinski definition) is 2. The Morgan fingerprint density at radius 2 is 1.67 bits per heavy atom. The highest BCUT2D eigenvalue weighted by molar-refractivity contribution is 5.35. The van der Waals surface area contributed by atoms with E-state index in [1.165, 1.54) is 6.07 Å². The van der Waals surface area contributed by atoms with Gasteiger partial charge in [0.1, 0.15) is 0 Å². The molecule has 5 heteroatoms. The topological polar surface area (TPSA) is 23.5 Å². The average Bonchev–Trinajstić information content (AvgIpc) is 2.37. The maximum atomic E-state index is 12.7. The van der Waals surface area contributed by atoms with E-state index in [0.29, 0.717) is 11.1 Å². The third kappa shape index (κ3) is 3.77. The number of nitrogens with zero attached hydrogens (tertiary/aromatic N) is 1. The third-order valence-corrected chi connectivity index (χ3v) is 4.14. The van der Waals surface area contributed by atoms with Crippen LogP contribution in [0.4, 0.5) is 13.2 Å². The van der Waals surface area contributed by atoms with Crippen molar-refractivity contribution in [3.8, 4) is 0 Å². The minimum Gasteiger partial charge on any atom is -0.386 e. The van der Waals surface area contributed by atoms with Gasteiger partial charge in [-0.1, -0.05) is 19.9 Å². The zero-order chi connectivity index (χ0) is 16.4. The van der Waals surface area contributed by atoms with Gasteiger partial charge in [0.2, 0.25) is 0 Å². The van der Waals surface area contributed by atoms with Crippen LogP contribution in [0.5, 0.6) is 0 Å². The molecule has 120 valence electrons. The highest BCUT2D eigenvalue weighted by atomic mass is 19.4. The lowest BCUT2D eigenvalue weighted by Gasteiger charge is -2.41. The molecule has 0 saturated carbocycles. The van der Waals surface area contributed by atoms with Gasteiger partial charge in [0, 0.05) is 5.54 Å². The van der Waals surface area contributed by atoms with Crippen LogP contribution in [0.25, 0.3) is 0 Å². The van der Waals surface area contributed by atoms with E-state index in [2.05, 4.69) is 4.90 Å². The summed E-state index contributed by atoms with van der Waals surface area (Å²) in [5.41, 5.74) is -0.234. The summed E-state index contributed by atoms with van der Waals surface area (Å²) in [6.45, 7) is 10.9.